The van der Waals surface area contributed by atoms with E-state index in [0.717, 1.165) is 5.56 Å². The standard InChI is InChI=1S/C18H20ClNO4/c1-8(2)13-6-12(7-14(16(13)19)18(22)23)20-17(21)15-9(3)10(4)24-11(15)5/h6-8H,1-5H3,(H,20,21)(H,22,23). The van der Waals surface area contributed by atoms with E-state index < -0.39 is 5.97 Å². The molecule has 0 atom stereocenters. The maximum absolute atomic E-state index is 12.6. The predicted octanol–water partition coefficient (Wildman–Crippen LogP) is 4.93. The minimum absolute atomic E-state index is 0.0205. The van der Waals surface area contributed by atoms with E-state index in [1.54, 1.807) is 19.9 Å². The number of furan rings is 1. The Hall–Kier alpha value is -2.27. The van der Waals surface area contributed by atoms with E-state index in [-0.39, 0.29) is 22.4 Å². The molecule has 0 unspecified atom stereocenters. The summed E-state index contributed by atoms with van der Waals surface area (Å²) in [7, 11) is 0. The van der Waals surface area contributed by atoms with Crippen molar-refractivity contribution >= 4 is 29.2 Å². The molecule has 0 spiro atoms. The molecule has 6 heteroatoms. The first kappa shape index (κ1) is 18.1. The molecule has 0 radical (unpaired) electrons. The SMILES string of the molecule is Cc1oc(C)c(C(=O)Nc2cc(C(=O)O)c(Cl)c(C(C)C)c2)c1C. The lowest BCUT2D eigenvalue weighted by atomic mass is 9.99. The van der Waals surface area contributed by atoms with Crippen LogP contribution in [-0.4, -0.2) is 17.0 Å². The number of hydrogen-bond donors (Lipinski definition) is 2. The third-order valence-corrected chi connectivity index (χ3v) is 4.42. The quantitative estimate of drug-likeness (QED) is 0.819. The summed E-state index contributed by atoms with van der Waals surface area (Å²) < 4.78 is 5.47. The van der Waals surface area contributed by atoms with Crippen molar-refractivity contribution in [2.75, 3.05) is 5.32 Å². The normalized spacial score (nSPS) is 11.0. The van der Waals surface area contributed by atoms with Crippen LogP contribution in [0.3, 0.4) is 0 Å². The number of carboxylic acids is 1. The third kappa shape index (κ3) is 3.31. The van der Waals surface area contributed by atoms with Gasteiger partial charge in [-0.3, -0.25) is 4.79 Å². The number of aryl methyl sites for hydroxylation is 2. The van der Waals surface area contributed by atoms with Gasteiger partial charge in [0.1, 0.15) is 11.5 Å². The van der Waals surface area contributed by atoms with Gasteiger partial charge in [0.2, 0.25) is 0 Å². The summed E-state index contributed by atoms with van der Waals surface area (Å²) in [5.41, 5.74) is 2.26. The van der Waals surface area contributed by atoms with Crippen molar-refractivity contribution in [3.63, 3.8) is 0 Å². The van der Waals surface area contributed by atoms with Crippen LogP contribution in [0.2, 0.25) is 5.02 Å². The minimum atomic E-state index is -1.13. The zero-order valence-corrected chi connectivity index (χ0v) is 15.0. The van der Waals surface area contributed by atoms with Crippen molar-refractivity contribution in [1.82, 2.24) is 0 Å². The number of benzene rings is 1. The molecule has 0 saturated heterocycles. The molecule has 5 nitrogen and oxygen atoms in total. The molecule has 1 aromatic carbocycles. The second kappa shape index (κ2) is 6.69. The van der Waals surface area contributed by atoms with Gasteiger partial charge in [0.05, 0.1) is 16.1 Å². The molecule has 0 aliphatic heterocycles. The van der Waals surface area contributed by atoms with Crippen molar-refractivity contribution in [3.8, 4) is 0 Å². The predicted molar refractivity (Wildman–Crippen MR) is 93.4 cm³/mol. The van der Waals surface area contributed by atoms with Gasteiger partial charge in [-0.1, -0.05) is 25.4 Å². The number of carboxylic acid groups (broad SMARTS) is 1. The summed E-state index contributed by atoms with van der Waals surface area (Å²) in [6.45, 7) is 9.14. The van der Waals surface area contributed by atoms with Crippen molar-refractivity contribution < 1.29 is 19.1 Å². The van der Waals surface area contributed by atoms with Crippen molar-refractivity contribution in [2.24, 2.45) is 0 Å². The van der Waals surface area contributed by atoms with Crippen LogP contribution >= 0.6 is 11.6 Å². The van der Waals surface area contributed by atoms with E-state index in [1.165, 1.54) is 6.07 Å². The van der Waals surface area contributed by atoms with Crippen LogP contribution in [0, 0.1) is 20.8 Å². The van der Waals surface area contributed by atoms with E-state index >= 15 is 0 Å². The third-order valence-electron chi connectivity index (χ3n) is 4.00. The van der Waals surface area contributed by atoms with Crippen LogP contribution in [0.25, 0.3) is 0 Å². The van der Waals surface area contributed by atoms with Gasteiger partial charge in [-0.25, -0.2) is 4.79 Å². The fraction of sp³-hybridized carbons (Fsp3) is 0.333. The lowest BCUT2D eigenvalue weighted by molar-refractivity contribution is 0.0696. The van der Waals surface area contributed by atoms with E-state index in [1.807, 2.05) is 20.8 Å². The van der Waals surface area contributed by atoms with Gasteiger partial charge in [-0.05, 0) is 44.4 Å². The van der Waals surface area contributed by atoms with E-state index in [4.69, 9.17) is 16.0 Å². The molecule has 2 rings (SSSR count). The molecule has 0 aliphatic carbocycles. The first-order valence-electron chi connectivity index (χ1n) is 7.58. The molecule has 1 aromatic heterocycles. The first-order valence-corrected chi connectivity index (χ1v) is 7.96. The molecule has 0 bridgehead atoms. The maximum atomic E-state index is 12.6. The molecule has 0 fully saturated rings. The largest absolute Gasteiger partial charge is 0.478 e. The fourth-order valence-electron chi connectivity index (χ4n) is 2.62. The summed E-state index contributed by atoms with van der Waals surface area (Å²) in [4.78, 5) is 24.0. The Morgan fingerprint density at radius 1 is 1.17 bits per heavy atom. The fourth-order valence-corrected chi connectivity index (χ4v) is 3.02. The Bertz CT molecular complexity index is 821. The zero-order chi connectivity index (χ0) is 18.2. The zero-order valence-electron chi connectivity index (χ0n) is 14.3. The molecule has 128 valence electrons. The number of halogens is 1. The van der Waals surface area contributed by atoms with Crippen LogP contribution in [0.15, 0.2) is 16.5 Å². The van der Waals surface area contributed by atoms with Crippen LogP contribution < -0.4 is 5.32 Å². The average molecular weight is 350 g/mol. The summed E-state index contributed by atoms with van der Waals surface area (Å²) in [6, 6.07) is 3.07. The van der Waals surface area contributed by atoms with Crippen molar-refractivity contribution in [2.45, 2.75) is 40.5 Å². The number of aromatic carboxylic acids is 1. The van der Waals surface area contributed by atoms with Gasteiger partial charge in [0, 0.05) is 11.3 Å². The first-order chi connectivity index (χ1) is 11.1. The average Bonchev–Trinajstić information content (AvgIpc) is 2.73. The Kier molecular flexibility index (Phi) is 5.04. The molecule has 1 amide bonds. The highest BCUT2D eigenvalue weighted by Crippen LogP contribution is 2.32. The van der Waals surface area contributed by atoms with Crippen LogP contribution in [0.4, 0.5) is 5.69 Å². The molecule has 2 N–H and O–H groups in total. The molecule has 0 saturated carbocycles. The number of rotatable bonds is 4. The van der Waals surface area contributed by atoms with E-state index in [2.05, 4.69) is 5.32 Å². The summed E-state index contributed by atoms with van der Waals surface area (Å²) in [6.07, 6.45) is 0. The highest BCUT2D eigenvalue weighted by molar-refractivity contribution is 6.34. The van der Waals surface area contributed by atoms with Crippen molar-refractivity contribution in [3.05, 3.63) is 50.9 Å². The molecule has 2 aromatic rings. The van der Waals surface area contributed by atoms with E-state index in [0.29, 0.717) is 28.3 Å². The molecular formula is C18H20ClNO4. The van der Waals surface area contributed by atoms with Gasteiger partial charge in [0.25, 0.3) is 5.91 Å². The Morgan fingerprint density at radius 2 is 1.79 bits per heavy atom. The number of nitrogens with one attached hydrogen (secondary N) is 1. The number of amides is 1. The monoisotopic (exact) mass is 349 g/mol. The number of carbonyl (C=O) groups is 2. The van der Waals surface area contributed by atoms with Gasteiger partial charge in [-0.15, -0.1) is 0 Å². The molecule has 0 aliphatic rings. The summed E-state index contributed by atoms with van der Waals surface area (Å²) >= 11 is 6.17. The highest BCUT2D eigenvalue weighted by Gasteiger charge is 2.21. The minimum Gasteiger partial charge on any atom is -0.478 e. The van der Waals surface area contributed by atoms with Gasteiger partial charge < -0.3 is 14.8 Å². The van der Waals surface area contributed by atoms with E-state index in [9.17, 15) is 14.7 Å². The number of hydrogen-bond acceptors (Lipinski definition) is 3. The summed E-state index contributed by atoms with van der Waals surface area (Å²) in [5, 5.41) is 12.3. The number of anilines is 1. The molecular weight excluding hydrogens is 330 g/mol. The Morgan fingerprint density at radius 3 is 2.25 bits per heavy atom. The number of carbonyl (C=O) groups excluding carboxylic acids is 1. The summed E-state index contributed by atoms with van der Waals surface area (Å²) in [5.74, 6) is -0.242. The van der Waals surface area contributed by atoms with Crippen LogP contribution in [0.5, 0.6) is 0 Å². The second-order valence-electron chi connectivity index (χ2n) is 6.06. The van der Waals surface area contributed by atoms with Gasteiger partial charge >= 0.3 is 5.97 Å². The van der Waals surface area contributed by atoms with Crippen LogP contribution in [0.1, 0.15) is 63.1 Å². The lowest BCUT2D eigenvalue weighted by Crippen LogP contribution is -2.15. The molecule has 1 heterocycles. The van der Waals surface area contributed by atoms with Crippen molar-refractivity contribution in [1.29, 1.82) is 0 Å². The maximum Gasteiger partial charge on any atom is 0.337 e. The Balaban J connectivity index is 2.46. The smallest absolute Gasteiger partial charge is 0.337 e. The van der Waals surface area contributed by atoms with Crippen LogP contribution in [-0.2, 0) is 0 Å². The molecule has 24 heavy (non-hydrogen) atoms. The second-order valence-corrected chi connectivity index (χ2v) is 6.43. The van der Waals surface area contributed by atoms with Gasteiger partial charge in [0.15, 0.2) is 0 Å². The lowest BCUT2D eigenvalue weighted by Gasteiger charge is -2.14. The topological polar surface area (TPSA) is 79.5 Å². The highest BCUT2D eigenvalue weighted by atomic mass is 35.5. The Labute approximate surface area is 145 Å². The van der Waals surface area contributed by atoms with Gasteiger partial charge in [-0.2, -0.15) is 0 Å².